The van der Waals surface area contributed by atoms with Gasteiger partial charge in [0.25, 0.3) is 0 Å². The van der Waals surface area contributed by atoms with Crippen molar-refractivity contribution < 1.29 is 14.3 Å². The normalized spacial score (nSPS) is 35.8. The lowest BCUT2D eigenvalue weighted by molar-refractivity contribution is -0.157. The zero-order valence-electron chi connectivity index (χ0n) is 8.54. The largest absolute Gasteiger partial charge is 0.466 e. The third-order valence-electron chi connectivity index (χ3n) is 3.63. The summed E-state index contributed by atoms with van der Waals surface area (Å²) in [4.78, 5) is 23.2. The van der Waals surface area contributed by atoms with E-state index in [4.69, 9.17) is 4.74 Å². The monoisotopic (exact) mass is 196 g/mol. The molecule has 2 aliphatic carbocycles. The number of Topliss-reactive ketones (excluding diaryl/α,β-unsaturated/α-hetero) is 1. The van der Waals surface area contributed by atoms with Crippen molar-refractivity contribution in [3.63, 3.8) is 0 Å². The number of ketones is 1. The van der Waals surface area contributed by atoms with Crippen LogP contribution in [0.5, 0.6) is 0 Å². The summed E-state index contributed by atoms with van der Waals surface area (Å²) in [6.07, 6.45) is 3.96. The Morgan fingerprint density at radius 2 is 2.43 bits per heavy atom. The highest BCUT2D eigenvalue weighted by Crippen LogP contribution is 2.53. The Morgan fingerprint density at radius 3 is 3.14 bits per heavy atom. The molecule has 2 atom stereocenters. The fourth-order valence-electron chi connectivity index (χ4n) is 2.99. The number of rotatable bonds is 2. The molecule has 0 aromatic carbocycles. The molecule has 0 aromatic heterocycles. The minimum Gasteiger partial charge on any atom is -0.466 e. The molecule has 0 aromatic rings. The van der Waals surface area contributed by atoms with Crippen LogP contribution >= 0.6 is 0 Å². The predicted octanol–water partition coefficient (Wildman–Crippen LogP) is 1.70. The van der Waals surface area contributed by atoms with Crippen LogP contribution in [0.2, 0.25) is 0 Å². The van der Waals surface area contributed by atoms with Crippen molar-refractivity contribution in [2.75, 3.05) is 6.61 Å². The Bertz CT molecular complexity index is 272. The molecular weight excluding hydrogens is 180 g/mol. The van der Waals surface area contributed by atoms with Gasteiger partial charge in [-0.25, -0.2) is 0 Å². The van der Waals surface area contributed by atoms with E-state index in [1.807, 2.05) is 6.92 Å². The van der Waals surface area contributed by atoms with Gasteiger partial charge in [0.2, 0.25) is 0 Å². The third-order valence-corrected chi connectivity index (χ3v) is 3.63. The minimum atomic E-state index is -0.424. The molecule has 2 saturated carbocycles. The van der Waals surface area contributed by atoms with Crippen LogP contribution in [-0.4, -0.2) is 18.4 Å². The number of hydrogen-bond donors (Lipinski definition) is 0. The van der Waals surface area contributed by atoms with Gasteiger partial charge in [0.05, 0.1) is 12.0 Å². The first-order valence-electron chi connectivity index (χ1n) is 5.38. The lowest BCUT2D eigenvalue weighted by Gasteiger charge is -2.25. The number of esters is 1. The van der Waals surface area contributed by atoms with Gasteiger partial charge in [-0.2, -0.15) is 0 Å². The first-order valence-corrected chi connectivity index (χ1v) is 5.38. The fourth-order valence-corrected chi connectivity index (χ4v) is 2.99. The van der Waals surface area contributed by atoms with Gasteiger partial charge in [-0.1, -0.05) is 6.42 Å². The van der Waals surface area contributed by atoms with Crippen molar-refractivity contribution in [1.82, 2.24) is 0 Å². The number of fused-ring (bicyclic) bond motifs is 1. The summed E-state index contributed by atoms with van der Waals surface area (Å²) in [6.45, 7) is 2.23. The summed E-state index contributed by atoms with van der Waals surface area (Å²) in [5, 5.41) is 0. The molecule has 78 valence electrons. The number of carbonyl (C=O) groups excluding carboxylic acids is 2. The molecular formula is C11H16O3. The SMILES string of the molecule is CCOC(=O)[C@]12CCC[C@H]1CC(=O)C2. The van der Waals surface area contributed by atoms with E-state index in [1.165, 1.54) is 0 Å². The molecule has 0 unspecified atom stereocenters. The van der Waals surface area contributed by atoms with Gasteiger partial charge < -0.3 is 4.74 Å². The predicted molar refractivity (Wildman–Crippen MR) is 50.6 cm³/mol. The van der Waals surface area contributed by atoms with Crippen molar-refractivity contribution in [2.24, 2.45) is 11.3 Å². The third kappa shape index (κ3) is 1.26. The zero-order chi connectivity index (χ0) is 10.2. The van der Waals surface area contributed by atoms with Crippen LogP contribution in [0, 0.1) is 11.3 Å². The van der Waals surface area contributed by atoms with E-state index >= 15 is 0 Å². The van der Waals surface area contributed by atoms with Crippen LogP contribution in [0.1, 0.15) is 39.0 Å². The van der Waals surface area contributed by atoms with Gasteiger partial charge in [0, 0.05) is 12.8 Å². The summed E-state index contributed by atoms with van der Waals surface area (Å²) in [5.41, 5.74) is -0.424. The number of carbonyl (C=O) groups is 2. The first-order chi connectivity index (χ1) is 6.69. The minimum absolute atomic E-state index is 0.131. The fraction of sp³-hybridized carbons (Fsp3) is 0.818. The van der Waals surface area contributed by atoms with E-state index < -0.39 is 5.41 Å². The van der Waals surface area contributed by atoms with Crippen LogP contribution in [0.25, 0.3) is 0 Å². The second-order valence-electron chi connectivity index (χ2n) is 4.39. The van der Waals surface area contributed by atoms with Crippen LogP contribution in [-0.2, 0) is 14.3 Å². The highest BCUT2D eigenvalue weighted by atomic mass is 16.5. The van der Waals surface area contributed by atoms with E-state index in [1.54, 1.807) is 0 Å². The molecule has 3 heteroatoms. The summed E-state index contributed by atoms with van der Waals surface area (Å²) in [5.74, 6) is 0.380. The van der Waals surface area contributed by atoms with Crippen LogP contribution < -0.4 is 0 Å². The van der Waals surface area contributed by atoms with Crippen molar-refractivity contribution in [3.8, 4) is 0 Å². The van der Waals surface area contributed by atoms with Crippen LogP contribution in [0.15, 0.2) is 0 Å². The highest BCUT2D eigenvalue weighted by Gasteiger charge is 2.55. The molecule has 0 radical (unpaired) electrons. The van der Waals surface area contributed by atoms with E-state index in [0.29, 0.717) is 19.4 Å². The molecule has 0 aliphatic heterocycles. The molecule has 2 fully saturated rings. The number of ether oxygens (including phenoxy) is 1. The maximum atomic E-state index is 11.8. The lowest BCUT2D eigenvalue weighted by Crippen LogP contribution is -2.32. The van der Waals surface area contributed by atoms with Gasteiger partial charge in [0.1, 0.15) is 5.78 Å². The summed E-state index contributed by atoms with van der Waals surface area (Å²) >= 11 is 0. The Hall–Kier alpha value is -0.860. The first kappa shape index (κ1) is 9.69. The van der Waals surface area contributed by atoms with Gasteiger partial charge in [-0.15, -0.1) is 0 Å². The van der Waals surface area contributed by atoms with Gasteiger partial charge in [-0.3, -0.25) is 9.59 Å². The molecule has 0 saturated heterocycles. The Kier molecular flexibility index (Phi) is 2.33. The van der Waals surface area contributed by atoms with Crippen molar-refractivity contribution >= 4 is 11.8 Å². The summed E-state index contributed by atoms with van der Waals surface area (Å²) < 4.78 is 5.09. The highest BCUT2D eigenvalue weighted by molar-refractivity contribution is 5.91. The average Bonchev–Trinajstić information content (AvgIpc) is 2.61. The molecule has 0 heterocycles. The van der Waals surface area contributed by atoms with Crippen molar-refractivity contribution in [2.45, 2.75) is 39.0 Å². The summed E-state index contributed by atoms with van der Waals surface area (Å²) in [6, 6.07) is 0. The number of hydrogen-bond acceptors (Lipinski definition) is 3. The van der Waals surface area contributed by atoms with Gasteiger partial charge in [-0.05, 0) is 25.7 Å². The Balaban J connectivity index is 2.19. The molecule has 0 bridgehead atoms. The average molecular weight is 196 g/mol. The summed E-state index contributed by atoms with van der Waals surface area (Å²) in [7, 11) is 0. The van der Waals surface area contributed by atoms with E-state index in [0.717, 1.165) is 19.3 Å². The molecule has 14 heavy (non-hydrogen) atoms. The topological polar surface area (TPSA) is 43.4 Å². The van der Waals surface area contributed by atoms with Crippen molar-refractivity contribution in [1.29, 1.82) is 0 Å². The maximum Gasteiger partial charge on any atom is 0.312 e. The Labute approximate surface area is 83.8 Å². The molecule has 2 aliphatic rings. The zero-order valence-corrected chi connectivity index (χ0v) is 8.54. The lowest BCUT2D eigenvalue weighted by atomic mass is 9.80. The quantitative estimate of drug-likeness (QED) is 0.631. The molecule has 0 N–H and O–H groups in total. The van der Waals surface area contributed by atoms with E-state index in [2.05, 4.69) is 0 Å². The van der Waals surface area contributed by atoms with Crippen molar-refractivity contribution in [3.05, 3.63) is 0 Å². The van der Waals surface area contributed by atoms with Gasteiger partial charge in [0.15, 0.2) is 0 Å². The van der Waals surface area contributed by atoms with Crippen LogP contribution in [0.3, 0.4) is 0 Å². The van der Waals surface area contributed by atoms with Crippen LogP contribution in [0.4, 0.5) is 0 Å². The Morgan fingerprint density at radius 1 is 1.64 bits per heavy atom. The van der Waals surface area contributed by atoms with E-state index in [9.17, 15) is 9.59 Å². The smallest absolute Gasteiger partial charge is 0.312 e. The second-order valence-corrected chi connectivity index (χ2v) is 4.39. The maximum absolute atomic E-state index is 11.8. The molecule has 0 amide bonds. The standard InChI is InChI=1S/C11H16O3/c1-2-14-10(13)11-5-3-4-8(11)6-9(12)7-11/h8H,2-7H2,1H3/t8-,11-/m0/s1. The van der Waals surface area contributed by atoms with E-state index in [-0.39, 0.29) is 17.7 Å². The molecule has 3 nitrogen and oxygen atoms in total. The molecule has 2 rings (SSSR count). The van der Waals surface area contributed by atoms with Gasteiger partial charge >= 0.3 is 5.97 Å². The second kappa shape index (κ2) is 3.37. The molecule has 0 spiro atoms.